The summed E-state index contributed by atoms with van der Waals surface area (Å²) in [5.74, 6) is 0.0397. The molecule has 0 saturated carbocycles. The molecule has 0 radical (unpaired) electrons. The van der Waals surface area contributed by atoms with E-state index in [1.807, 2.05) is 6.07 Å². The zero-order chi connectivity index (χ0) is 13.0. The first-order valence-electron chi connectivity index (χ1n) is 4.92. The van der Waals surface area contributed by atoms with Crippen molar-refractivity contribution >= 4 is 69.7 Å². The zero-order valence-corrected chi connectivity index (χ0v) is 13.4. The molecule has 0 unspecified atom stereocenters. The molecule has 0 atom stereocenters. The minimum atomic E-state index is -0.00400. The van der Waals surface area contributed by atoms with E-state index in [1.54, 1.807) is 12.1 Å². The van der Waals surface area contributed by atoms with E-state index < -0.39 is 0 Å². The molecule has 0 aliphatic heterocycles. The van der Waals surface area contributed by atoms with Gasteiger partial charge in [-0.3, -0.25) is 0 Å². The smallest absolute Gasteiger partial charge is 0.179 e. The summed E-state index contributed by atoms with van der Waals surface area (Å²) >= 11 is 10.1. The highest BCUT2D eigenvalue weighted by Crippen LogP contribution is 2.49. The van der Waals surface area contributed by atoms with Gasteiger partial charge in [0.2, 0.25) is 0 Å². The molecule has 3 rings (SSSR count). The van der Waals surface area contributed by atoms with E-state index in [0.29, 0.717) is 25.5 Å². The number of aromatic hydroxyl groups is 2. The molecule has 2 N–H and O–H groups in total. The Labute approximate surface area is 127 Å². The van der Waals surface area contributed by atoms with Gasteiger partial charge >= 0.3 is 0 Å². The summed E-state index contributed by atoms with van der Waals surface area (Å²) in [6, 6.07) is 5.09. The van der Waals surface area contributed by atoms with E-state index in [1.165, 1.54) is 0 Å². The Kier molecular flexibility index (Phi) is 2.84. The van der Waals surface area contributed by atoms with E-state index in [4.69, 9.17) is 4.42 Å². The number of hydrogen-bond donors (Lipinski definition) is 2. The van der Waals surface area contributed by atoms with Crippen LogP contribution in [0.1, 0.15) is 0 Å². The molecule has 1 aromatic heterocycles. The second-order valence-corrected chi connectivity index (χ2v) is 6.13. The molecule has 2 aromatic carbocycles. The van der Waals surface area contributed by atoms with E-state index in [0.717, 1.165) is 9.86 Å². The van der Waals surface area contributed by atoms with Crippen LogP contribution in [0.15, 0.2) is 36.0 Å². The van der Waals surface area contributed by atoms with Crippen molar-refractivity contribution < 1.29 is 14.6 Å². The van der Waals surface area contributed by atoms with Crippen LogP contribution in [-0.4, -0.2) is 10.2 Å². The summed E-state index contributed by atoms with van der Waals surface area (Å²) in [4.78, 5) is 0. The lowest BCUT2D eigenvalue weighted by molar-refractivity contribution is 0.455. The highest BCUT2D eigenvalue weighted by atomic mass is 79.9. The van der Waals surface area contributed by atoms with Crippen LogP contribution in [0.2, 0.25) is 0 Å². The average Bonchev–Trinajstić information content (AvgIpc) is 2.75. The Morgan fingerprint density at radius 3 is 2.33 bits per heavy atom. The topological polar surface area (TPSA) is 53.6 Å². The Morgan fingerprint density at radius 1 is 0.889 bits per heavy atom. The van der Waals surface area contributed by atoms with Crippen molar-refractivity contribution in [2.45, 2.75) is 0 Å². The van der Waals surface area contributed by atoms with Gasteiger partial charge in [0.15, 0.2) is 22.7 Å². The molecule has 6 heteroatoms. The maximum atomic E-state index is 10.1. The van der Waals surface area contributed by atoms with Crippen molar-refractivity contribution in [2.75, 3.05) is 0 Å². The fourth-order valence-electron chi connectivity index (χ4n) is 1.90. The number of benzene rings is 2. The van der Waals surface area contributed by atoms with E-state index in [-0.39, 0.29) is 11.5 Å². The van der Waals surface area contributed by atoms with E-state index in [2.05, 4.69) is 47.8 Å². The summed E-state index contributed by atoms with van der Waals surface area (Å²) in [7, 11) is 0. The molecule has 3 aromatic rings. The van der Waals surface area contributed by atoms with Crippen LogP contribution in [0, 0.1) is 0 Å². The monoisotopic (exact) mass is 434 g/mol. The largest absolute Gasteiger partial charge is 0.504 e. The number of furan rings is 1. The fraction of sp³-hybridized carbons (Fsp3) is 0. The van der Waals surface area contributed by atoms with Crippen LogP contribution in [0.5, 0.6) is 11.5 Å². The standard InChI is InChI=1S/C12H5Br3O3/c13-7-6-4-2-1-3-5(16)11(4)18-12(6)10(17)9(15)8(7)14/h1-3,16-17H. The maximum Gasteiger partial charge on any atom is 0.179 e. The second kappa shape index (κ2) is 4.15. The van der Waals surface area contributed by atoms with Crippen LogP contribution in [0.4, 0.5) is 0 Å². The van der Waals surface area contributed by atoms with Crippen molar-refractivity contribution in [2.24, 2.45) is 0 Å². The lowest BCUT2D eigenvalue weighted by Crippen LogP contribution is -1.78. The first-order chi connectivity index (χ1) is 8.52. The number of phenols is 2. The minimum absolute atomic E-state index is 0.00400. The van der Waals surface area contributed by atoms with Gasteiger partial charge in [0.1, 0.15) is 0 Å². The first-order valence-corrected chi connectivity index (χ1v) is 7.30. The van der Waals surface area contributed by atoms with Crippen molar-refractivity contribution in [3.8, 4) is 11.5 Å². The molecule has 0 bridgehead atoms. The summed E-state index contributed by atoms with van der Waals surface area (Å²) in [6.45, 7) is 0. The van der Waals surface area contributed by atoms with Gasteiger partial charge in [-0.05, 0) is 53.9 Å². The van der Waals surface area contributed by atoms with Crippen molar-refractivity contribution in [1.82, 2.24) is 0 Å². The Balaban J connectivity index is 2.67. The molecule has 92 valence electrons. The third-order valence-electron chi connectivity index (χ3n) is 2.72. The van der Waals surface area contributed by atoms with E-state index in [9.17, 15) is 10.2 Å². The van der Waals surface area contributed by atoms with Crippen LogP contribution in [0.25, 0.3) is 21.9 Å². The second-order valence-electron chi connectivity index (χ2n) is 3.75. The molecule has 18 heavy (non-hydrogen) atoms. The predicted octanol–water partition coefficient (Wildman–Crippen LogP) is 5.28. The number of halogens is 3. The van der Waals surface area contributed by atoms with Gasteiger partial charge in [0, 0.05) is 15.2 Å². The summed E-state index contributed by atoms with van der Waals surface area (Å²) < 4.78 is 7.50. The Morgan fingerprint density at radius 2 is 1.61 bits per heavy atom. The highest BCUT2D eigenvalue weighted by Gasteiger charge is 2.21. The molecule has 0 fully saturated rings. The summed E-state index contributed by atoms with van der Waals surface area (Å²) in [5, 5.41) is 21.3. The van der Waals surface area contributed by atoms with Crippen molar-refractivity contribution in [1.29, 1.82) is 0 Å². The van der Waals surface area contributed by atoms with Crippen LogP contribution < -0.4 is 0 Å². The first kappa shape index (κ1) is 12.3. The van der Waals surface area contributed by atoms with Gasteiger partial charge in [-0.15, -0.1) is 0 Å². The molecular weight excluding hydrogens is 432 g/mol. The molecule has 0 amide bonds. The molecule has 0 aliphatic carbocycles. The van der Waals surface area contributed by atoms with Crippen LogP contribution in [0.3, 0.4) is 0 Å². The lowest BCUT2D eigenvalue weighted by atomic mass is 10.1. The Bertz CT molecular complexity index is 792. The number of fused-ring (bicyclic) bond motifs is 3. The van der Waals surface area contributed by atoms with Gasteiger partial charge in [-0.1, -0.05) is 12.1 Å². The molecule has 0 saturated heterocycles. The zero-order valence-electron chi connectivity index (χ0n) is 8.67. The number of para-hydroxylation sites is 1. The Hall–Kier alpha value is -0.720. The molecular formula is C12H5Br3O3. The third-order valence-corrected chi connectivity index (χ3v) is 6.14. The van der Waals surface area contributed by atoms with Gasteiger partial charge in [-0.25, -0.2) is 0 Å². The minimum Gasteiger partial charge on any atom is -0.504 e. The van der Waals surface area contributed by atoms with Gasteiger partial charge in [-0.2, -0.15) is 0 Å². The third kappa shape index (κ3) is 1.52. The van der Waals surface area contributed by atoms with Gasteiger partial charge < -0.3 is 14.6 Å². The number of hydrogen-bond acceptors (Lipinski definition) is 3. The van der Waals surface area contributed by atoms with E-state index >= 15 is 0 Å². The summed E-state index contributed by atoms with van der Waals surface area (Å²) in [5.41, 5.74) is 0.682. The van der Waals surface area contributed by atoms with Crippen LogP contribution >= 0.6 is 47.8 Å². The SMILES string of the molecule is Oc1cccc2c1oc1c(O)c(Br)c(Br)c(Br)c12. The predicted molar refractivity (Wildman–Crippen MR) is 80.1 cm³/mol. The normalized spacial score (nSPS) is 11.5. The summed E-state index contributed by atoms with van der Waals surface area (Å²) in [6.07, 6.45) is 0. The maximum absolute atomic E-state index is 10.1. The molecule has 3 nitrogen and oxygen atoms in total. The van der Waals surface area contributed by atoms with Gasteiger partial charge in [0.05, 0.1) is 8.95 Å². The van der Waals surface area contributed by atoms with Crippen LogP contribution in [-0.2, 0) is 0 Å². The fourth-order valence-corrected chi connectivity index (χ4v) is 3.52. The highest BCUT2D eigenvalue weighted by molar-refractivity contribution is 9.14. The van der Waals surface area contributed by atoms with Gasteiger partial charge in [0.25, 0.3) is 0 Å². The van der Waals surface area contributed by atoms with Crippen molar-refractivity contribution in [3.63, 3.8) is 0 Å². The average molecular weight is 437 g/mol. The molecule has 0 aliphatic rings. The number of rotatable bonds is 0. The quantitative estimate of drug-likeness (QED) is 0.471. The molecule has 0 spiro atoms. The molecule has 1 heterocycles. The lowest BCUT2D eigenvalue weighted by Gasteiger charge is -2.04. The van der Waals surface area contributed by atoms with Crippen molar-refractivity contribution in [3.05, 3.63) is 31.6 Å². The number of phenolic OH excluding ortho intramolecular Hbond substituents is 2.